The molecule has 0 saturated carbocycles. The van der Waals surface area contributed by atoms with Crippen molar-refractivity contribution in [2.24, 2.45) is 16.5 Å². The summed E-state index contributed by atoms with van der Waals surface area (Å²) in [7, 11) is 0. The summed E-state index contributed by atoms with van der Waals surface area (Å²) < 4.78 is 28.0. The molecule has 336 valence electrons. The molecule has 0 spiro atoms. The summed E-state index contributed by atoms with van der Waals surface area (Å²) in [6, 6.07) is -1.52. The number of carbonyl (C=O) groups is 6. The summed E-state index contributed by atoms with van der Waals surface area (Å²) in [6.07, 6.45) is 7.41. The van der Waals surface area contributed by atoms with Gasteiger partial charge in [-0.2, -0.15) is 4.90 Å². The predicted octanol–water partition coefficient (Wildman–Crippen LogP) is 7.37. The maximum atomic E-state index is 15.0. The van der Waals surface area contributed by atoms with Crippen molar-refractivity contribution in [2.75, 3.05) is 19.8 Å². The van der Waals surface area contributed by atoms with Gasteiger partial charge in [-0.15, -0.1) is 0 Å². The first-order chi connectivity index (χ1) is 26.9. The molecule has 0 aromatic heterocycles. The van der Waals surface area contributed by atoms with Crippen LogP contribution in [0, 0.1) is 0 Å². The highest BCUT2D eigenvalue weighted by atomic mass is 16.6. The number of unbranched alkanes of at least 4 members (excludes halogenated alkanes) is 10. The number of amides is 3. The number of nitrogens with two attached hydrogens (primary N) is 2. The first-order valence-electron chi connectivity index (χ1n) is 21.1. The number of nitrogens with zero attached hydrogens (tertiary/aromatic N) is 2. The molecule has 0 aliphatic heterocycles. The minimum Gasteiger partial charge on any atom is -0.466 e. The summed E-state index contributed by atoms with van der Waals surface area (Å²) in [6.45, 7) is 18.2. The number of carbonyl (C=O) groups excluding carboxylic acids is 6. The second kappa shape index (κ2) is 26.8. The zero-order chi connectivity index (χ0) is 44.6. The van der Waals surface area contributed by atoms with E-state index in [1.54, 1.807) is 0 Å². The van der Waals surface area contributed by atoms with Crippen molar-refractivity contribution in [3.8, 4) is 0 Å². The van der Waals surface area contributed by atoms with E-state index in [2.05, 4.69) is 24.2 Å². The SMILES string of the molecule is CCCCCCCCOC(=O)CC[C@H](NC(=O)[C@@](CCCN=C(N)N)(C(=O)OC(C)(C)C)N(C(=O)OC(C)(C)C)C(=O)OC(C)(C)C)C(=O)OCCCCCCCC. The van der Waals surface area contributed by atoms with Gasteiger partial charge in [0.1, 0.15) is 22.8 Å². The number of hydrogen-bond acceptors (Lipinski definition) is 12. The standard InChI is InChI=1S/C42H77N5O11/c1-12-14-16-18-20-22-29-54-32(48)26-25-31(33(49)55-30-23-21-19-17-15-13-2)46-34(50)42(27-24-28-45-36(43)44,35(51)56-39(3,4)5)47(37(52)57-40(6,7)8)38(53)58-41(9,10)11/h31H,12-30H2,1-11H3,(H,46,50)(H4,43,44,45)/t31-,42-/m0/s1. The van der Waals surface area contributed by atoms with Crippen LogP contribution < -0.4 is 16.8 Å². The molecule has 0 bridgehead atoms. The molecule has 58 heavy (non-hydrogen) atoms. The molecule has 16 heteroatoms. The maximum absolute atomic E-state index is 15.0. The number of guanidine groups is 1. The van der Waals surface area contributed by atoms with Gasteiger partial charge in [0.05, 0.1) is 13.2 Å². The lowest BCUT2D eigenvalue weighted by atomic mass is 9.89. The molecule has 0 heterocycles. The molecule has 2 atom stereocenters. The number of hydrogen-bond donors (Lipinski definition) is 3. The van der Waals surface area contributed by atoms with Crippen LogP contribution in [0.15, 0.2) is 4.99 Å². The van der Waals surface area contributed by atoms with Gasteiger partial charge in [0.15, 0.2) is 5.96 Å². The Morgan fingerprint density at radius 3 is 1.52 bits per heavy atom. The molecule has 0 aromatic rings. The molecule has 0 aliphatic rings. The van der Waals surface area contributed by atoms with E-state index in [4.69, 9.17) is 35.2 Å². The Morgan fingerprint density at radius 1 is 0.621 bits per heavy atom. The number of esters is 3. The fourth-order valence-corrected chi connectivity index (χ4v) is 5.60. The molecule has 0 unspecified atom stereocenters. The van der Waals surface area contributed by atoms with Crippen LogP contribution in [0.4, 0.5) is 9.59 Å². The van der Waals surface area contributed by atoms with Gasteiger partial charge in [-0.3, -0.25) is 14.6 Å². The van der Waals surface area contributed by atoms with Gasteiger partial charge in [-0.25, -0.2) is 19.2 Å². The molecule has 0 aromatic carbocycles. The topological polar surface area (TPSA) is 228 Å². The highest BCUT2D eigenvalue weighted by Gasteiger charge is 2.60. The van der Waals surface area contributed by atoms with E-state index in [1.165, 1.54) is 62.3 Å². The second-order valence-corrected chi connectivity index (χ2v) is 17.6. The number of imide groups is 1. The summed E-state index contributed by atoms with van der Waals surface area (Å²) in [5.74, 6) is -4.37. The smallest absolute Gasteiger partial charge is 0.421 e. The molecule has 5 N–H and O–H groups in total. The molecule has 0 rings (SSSR count). The fraction of sp³-hybridized carbons (Fsp3) is 0.833. The first-order valence-corrected chi connectivity index (χ1v) is 21.1. The minimum atomic E-state index is -2.85. The van der Waals surface area contributed by atoms with Gasteiger partial charge in [0.25, 0.3) is 5.91 Å². The normalized spacial score (nSPS) is 13.3. The maximum Gasteiger partial charge on any atom is 0.421 e. The van der Waals surface area contributed by atoms with Gasteiger partial charge < -0.3 is 40.5 Å². The number of nitrogens with one attached hydrogen (secondary N) is 1. The third-order valence-corrected chi connectivity index (χ3v) is 8.37. The van der Waals surface area contributed by atoms with Gasteiger partial charge in [-0.05, 0) is 94.4 Å². The van der Waals surface area contributed by atoms with Crippen molar-refractivity contribution in [3.63, 3.8) is 0 Å². The Bertz CT molecular complexity index is 1290. The fourth-order valence-electron chi connectivity index (χ4n) is 5.60. The quantitative estimate of drug-likeness (QED) is 0.0194. The Labute approximate surface area is 347 Å². The average Bonchev–Trinajstić information content (AvgIpc) is 3.07. The molecule has 0 fully saturated rings. The van der Waals surface area contributed by atoms with Crippen LogP contribution in [0.3, 0.4) is 0 Å². The number of ether oxygens (including phenoxy) is 5. The van der Waals surface area contributed by atoms with Gasteiger partial charge in [0, 0.05) is 13.0 Å². The molecule has 0 saturated heterocycles. The van der Waals surface area contributed by atoms with Crippen molar-refractivity contribution in [1.29, 1.82) is 0 Å². The lowest BCUT2D eigenvalue weighted by Gasteiger charge is -2.41. The van der Waals surface area contributed by atoms with Crippen LogP contribution in [-0.4, -0.2) is 95.0 Å². The monoisotopic (exact) mass is 828 g/mol. The van der Waals surface area contributed by atoms with E-state index < -0.39 is 70.8 Å². The van der Waals surface area contributed by atoms with Gasteiger partial charge in [0.2, 0.25) is 5.54 Å². The van der Waals surface area contributed by atoms with Crippen LogP contribution in [0.25, 0.3) is 0 Å². The first kappa shape index (κ1) is 53.9. The average molecular weight is 828 g/mol. The van der Waals surface area contributed by atoms with Crippen molar-refractivity contribution in [1.82, 2.24) is 10.2 Å². The summed E-state index contributed by atoms with van der Waals surface area (Å²) in [4.78, 5) is 88.7. The molecule has 16 nitrogen and oxygen atoms in total. The zero-order valence-electron chi connectivity index (χ0n) is 37.6. The van der Waals surface area contributed by atoms with Crippen molar-refractivity contribution in [3.05, 3.63) is 0 Å². The van der Waals surface area contributed by atoms with E-state index in [0.717, 1.165) is 64.2 Å². The van der Waals surface area contributed by atoms with E-state index in [0.29, 0.717) is 12.8 Å². The van der Waals surface area contributed by atoms with E-state index in [9.17, 15) is 28.8 Å². The highest BCUT2D eigenvalue weighted by molar-refractivity contribution is 6.14. The third-order valence-electron chi connectivity index (χ3n) is 8.37. The van der Waals surface area contributed by atoms with Gasteiger partial charge in [-0.1, -0.05) is 78.1 Å². The Kier molecular flexibility index (Phi) is 24.9. The van der Waals surface area contributed by atoms with Crippen LogP contribution in [0.2, 0.25) is 0 Å². The summed E-state index contributed by atoms with van der Waals surface area (Å²) >= 11 is 0. The Balaban J connectivity index is 7.17. The largest absolute Gasteiger partial charge is 0.466 e. The molecule has 3 amide bonds. The molecule has 0 radical (unpaired) electrons. The van der Waals surface area contributed by atoms with Crippen molar-refractivity contribution >= 4 is 42.0 Å². The lowest BCUT2D eigenvalue weighted by molar-refractivity contribution is -0.174. The Hall–Kier alpha value is -4.11. The van der Waals surface area contributed by atoms with Crippen LogP contribution in [0.5, 0.6) is 0 Å². The molecule has 0 aliphatic carbocycles. The van der Waals surface area contributed by atoms with Crippen LogP contribution in [0.1, 0.15) is 179 Å². The minimum absolute atomic E-state index is 0.0392. The summed E-state index contributed by atoms with van der Waals surface area (Å²) in [5.41, 5.74) is 4.56. The lowest BCUT2D eigenvalue weighted by Crippen LogP contribution is -2.70. The zero-order valence-corrected chi connectivity index (χ0v) is 37.6. The van der Waals surface area contributed by atoms with Crippen LogP contribution in [-0.2, 0) is 42.9 Å². The van der Waals surface area contributed by atoms with E-state index >= 15 is 0 Å². The Morgan fingerprint density at radius 2 is 1.07 bits per heavy atom. The molecular formula is C42H77N5O11. The summed E-state index contributed by atoms with van der Waals surface area (Å²) in [5, 5.41) is 2.55. The number of rotatable bonds is 26. The predicted molar refractivity (Wildman–Crippen MR) is 223 cm³/mol. The number of aliphatic imine (C=N–C) groups is 1. The van der Waals surface area contributed by atoms with Crippen molar-refractivity contribution < 1.29 is 52.5 Å². The second-order valence-electron chi connectivity index (χ2n) is 17.6. The highest BCUT2D eigenvalue weighted by Crippen LogP contribution is 2.32. The van der Waals surface area contributed by atoms with Crippen LogP contribution >= 0.6 is 0 Å². The van der Waals surface area contributed by atoms with Crippen molar-refractivity contribution in [2.45, 2.75) is 207 Å². The molecular weight excluding hydrogens is 750 g/mol. The van der Waals surface area contributed by atoms with E-state index in [1.807, 2.05) is 0 Å². The van der Waals surface area contributed by atoms with E-state index in [-0.39, 0.29) is 49.9 Å². The third kappa shape index (κ3) is 23.3. The van der Waals surface area contributed by atoms with Gasteiger partial charge >= 0.3 is 30.1 Å².